The Kier molecular flexibility index (Phi) is 6.50. The van der Waals surface area contributed by atoms with Gasteiger partial charge in [0, 0.05) is 5.39 Å². The minimum atomic E-state index is -0.244. The van der Waals surface area contributed by atoms with Crippen LogP contribution in [0.25, 0.3) is 10.8 Å². The van der Waals surface area contributed by atoms with Gasteiger partial charge in [-0.05, 0) is 41.9 Å². The van der Waals surface area contributed by atoms with E-state index >= 15 is 0 Å². The lowest BCUT2D eigenvalue weighted by Crippen LogP contribution is -2.37. The third-order valence-electron chi connectivity index (χ3n) is 6.41. The molecule has 1 N–H and O–H groups in total. The maximum atomic E-state index is 12.8. The molecule has 4 rings (SSSR count). The molecule has 1 amide bonds. The minimum absolute atomic E-state index is 0.0902. The highest BCUT2D eigenvalue weighted by molar-refractivity contribution is 5.81. The van der Waals surface area contributed by atoms with Crippen LogP contribution < -0.4 is 10.9 Å². The van der Waals surface area contributed by atoms with Crippen LogP contribution in [0.2, 0.25) is 0 Å². The zero-order valence-corrected chi connectivity index (χ0v) is 18.4. The molecule has 0 bridgehead atoms. The molecule has 1 saturated carbocycles. The molecule has 0 radical (unpaired) electrons. The molecule has 2 aromatic carbocycles. The number of hydrogen-bond donors (Lipinski definition) is 1. The number of benzene rings is 2. The van der Waals surface area contributed by atoms with E-state index in [1.54, 1.807) is 12.3 Å². The Morgan fingerprint density at radius 1 is 1.06 bits per heavy atom. The monoisotopic (exact) mass is 417 g/mol. The summed E-state index contributed by atoms with van der Waals surface area (Å²) in [5, 5.41) is 8.65. The summed E-state index contributed by atoms with van der Waals surface area (Å²) in [5.41, 5.74) is 2.26. The van der Waals surface area contributed by atoms with Crippen molar-refractivity contribution in [2.24, 2.45) is 5.92 Å². The third-order valence-corrected chi connectivity index (χ3v) is 6.41. The zero-order valence-electron chi connectivity index (χ0n) is 18.4. The highest BCUT2D eigenvalue weighted by atomic mass is 16.2. The van der Waals surface area contributed by atoms with E-state index in [-0.39, 0.29) is 30.0 Å². The van der Waals surface area contributed by atoms with Gasteiger partial charge in [0.05, 0.1) is 17.6 Å². The van der Waals surface area contributed by atoms with Crippen molar-refractivity contribution in [1.29, 1.82) is 0 Å². The van der Waals surface area contributed by atoms with E-state index in [4.69, 9.17) is 0 Å². The maximum absolute atomic E-state index is 12.8. The summed E-state index contributed by atoms with van der Waals surface area (Å²) < 4.78 is 1.24. The Morgan fingerprint density at radius 3 is 2.48 bits per heavy atom. The third kappa shape index (κ3) is 4.87. The molecule has 1 heterocycles. The first kappa shape index (κ1) is 21.3. The Hall–Kier alpha value is -2.95. The van der Waals surface area contributed by atoms with Gasteiger partial charge in [0.2, 0.25) is 5.91 Å². The van der Waals surface area contributed by atoms with Gasteiger partial charge >= 0.3 is 0 Å². The number of aromatic nitrogens is 2. The molecule has 1 aromatic heterocycles. The van der Waals surface area contributed by atoms with Crippen LogP contribution in [0.3, 0.4) is 0 Å². The molecule has 0 saturated heterocycles. The van der Waals surface area contributed by atoms with Gasteiger partial charge in [-0.1, -0.05) is 75.6 Å². The van der Waals surface area contributed by atoms with Crippen LogP contribution in [-0.2, 0) is 11.3 Å². The molecule has 1 aliphatic carbocycles. The fraction of sp³-hybridized carbons (Fsp3) is 0.423. The molecule has 0 spiro atoms. The van der Waals surface area contributed by atoms with Crippen LogP contribution in [0.15, 0.2) is 59.5 Å². The van der Waals surface area contributed by atoms with E-state index < -0.39 is 0 Å². The summed E-state index contributed by atoms with van der Waals surface area (Å²) in [6, 6.07) is 15.9. The molecular weight excluding hydrogens is 386 g/mol. The van der Waals surface area contributed by atoms with Crippen LogP contribution in [0.1, 0.15) is 69.0 Å². The summed E-state index contributed by atoms with van der Waals surface area (Å²) in [7, 11) is 0. The van der Waals surface area contributed by atoms with Crippen LogP contribution >= 0.6 is 0 Å². The van der Waals surface area contributed by atoms with E-state index in [1.165, 1.54) is 42.3 Å². The number of fused-ring (bicyclic) bond motifs is 1. The maximum Gasteiger partial charge on any atom is 0.275 e. The van der Waals surface area contributed by atoms with Crippen molar-refractivity contribution in [3.05, 3.63) is 76.2 Å². The second-order valence-electron chi connectivity index (χ2n) is 8.99. The number of rotatable bonds is 6. The fourth-order valence-electron chi connectivity index (χ4n) is 4.64. The normalized spacial score (nSPS) is 15.8. The van der Waals surface area contributed by atoms with Crippen molar-refractivity contribution in [3.63, 3.8) is 0 Å². The lowest BCUT2D eigenvalue weighted by atomic mass is 9.83. The first-order valence-corrected chi connectivity index (χ1v) is 11.4. The smallest absolute Gasteiger partial charge is 0.275 e. The van der Waals surface area contributed by atoms with Crippen LogP contribution in [-0.4, -0.2) is 15.7 Å². The van der Waals surface area contributed by atoms with Crippen molar-refractivity contribution >= 4 is 16.7 Å². The van der Waals surface area contributed by atoms with Crippen LogP contribution in [0.4, 0.5) is 0 Å². The van der Waals surface area contributed by atoms with Gasteiger partial charge < -0.3 is 5.32 Å². The van der Waals surface area contributed by atoms with E-state index in [0.29, 0.717) is 11.3 Å². The molecule has 3 aromatic rings. The first-order chi connectivity index (χ1) is 15.0. The fourth-order valence-corrected chi connectivity index (χ4v) is 4.64. The highest BCUT2D eigenvalue weighted by Gasteiger charge is 2.21. The van der Waals surface area contributed by atoms with Gasteiger partial charge in [-0.25, -0.2) is 4.68 Å². The number of nitrogens with zero attached hydrogens (tertiary/aromatic N) is 2. The largest absolute Gasteiger partial charge is 0.347 e. The summed E-state index contributed by atoms with van der Waals surface area (Å²) in [6.45, 7) is 4.11. The standard InChI is InChI=1S/C26H31N3O2/c1-18(2)25(21-14-12-20(13-15-21)19-8-4-3-5-9-19)28-24(30)17-29-26(31)23-11-7-6-10-22(23)16-27-29/h6-7,10-16,18-19,25H,3-5,8-9,17H2,1-2H3,(H,28,30). The van der Waals surface area contributed by atoms with Gasteiger partial charge in [-0.3, -0.25) is 9.59 Å². The number of carbonyl (C=O) groups is 1. The highest BCUT2D eigenvalue weighted by Crippen LogP contribution is 2.33. The van der Waals surface area contributed by atoms with Gasteiger partial charge in [-0.2, -0.15) is 5.10 Å². The van der Waals surface area contributed by atoms with Crippen LogP contribution in [0, 0.1) is 5.92 Å². The molecule has 1 atom stereocenters. The predicted molar refractivity (Wildman–Crippen MR) is 124 cm³/mol. The van der Waals surface area contributed by atoms with Gasteiger partial charge in [0.25, 0.3) is 5.56 Å². The number of carbonyl (C=O) groups excluding carboxylic acids is 1. The molecule has 162 valence electrons. The lowest BCUT2D eigenvalue weighted by molar-refractivity contribution is -0.123. The number of nitrogens with one attached hydrogen (secondary N) is 1. The van der Waals surface area contributed by atoms with E-state index in [0.717, 1.165) is 10.9 Å². The molecule has 1 fully saturated rings. The quantitative estimate of drug-likeness (QED) is 0.617. The summed E-state index contributed by atoms with van der Waals surface area (Å²) in [6.07, 6.45) is 8.17. The number of amides is 1. The van der Waals surface area contributed by atoms with E-state index in [9.17, 15) is 9.59 Å². The molecule has 31 heavy (non-hydrogen) atoms. The molecular formula is C26H31N3O2. The van der Waals surface area contributed by atoms with Gasteiger partial charge in [0.15, 0.2) is 0 Å². The van der Waals surface area contributed by atoms with Crippen molar-refractivity contribution < 1.29 is 4.79 Å². The van der Waals surface area contributed by atoms with Gasteiger partial charge in [0.1, 0.15) is 6.54 Å². The van der Waals surface area contributed by atoms with Crippen molar-refractivity contribution in [1.82, 2.24) is 15.1 Å². The van der Waals surface area contributed by atoms with Crippen molar-refractivity contribution in [2.75, 3.05) is 0 Å². The topological polar surface area (TPSA) is 64.0 Å². The molecule has 0 aliphatic heterocycles. The second-order valence-corrected chi connectivity index (χ2v) is 8.99. The van der Waals surface area contributed by atoms with E-state index in [1.807, 2.05) is 18.2 Å². The molecule has 1 aliphatic rings. The van der Waals surface area contributed by atoms with Crippen molar-refractivity contribution in [2.45, 2.75) is 64.5 Å². The minimum Gasteiger partial charge on any atom is -0.347 e. The summed E-state index contributed by atoms with van der Waals surface area (Å²) >= 11 is 0. The van der Waals surface area contributed by atoms with Gasteiger partial charge in [-0.15, -0.1) is 0 Å². The summed E-state index contributed by atoms with van der Waals surface area (Å²) in [4.78, 5) is 25.5. The SMILES string of the molecule is CC(C)C(NC(=O)Cn1ncc2ccccc2c1=O)c1ccc(C2CCCCC2)cc1. The van der Waals surface area contributed by atoms with Crippen LogP contribution in [0.5, 0.6) is 0 Å². The average Bonchev–Trinajstić information content (AvgIpc) is 2.80. The Balaban J connectivity index is 1.47. The number of hydrogen-bond acceptors (Lipinski definition) is 3. The Morgan fingerprint density at radius 2 is 1.77 bits per heavy atom. The first-order valence-electron chi connectivity index (χ1n) is 11.4. The molecule has 1 unspecified atom stereocenters. The predicted octanol–water partition coefficient (Wildman–Crippen LogP) is 4.96. The Bertz CT molecular complexity index is 1100. The van der Waals surface area contributed by atoms with Crippen molar-refractivity contribution in [3.8, 4) is 0 Å². The Labute approximate surface area is 183 Å². The second kappa shape index (κ2) is 9.46. The zero-order chi connectivity index (χ0) is 21.8. The molecule has 5 nitrogen and oxygen atoms in total. The lowest BCUT2D eigenvalue weighted by Gasteiger charge is -2.25. The average molecular weight is 418 g/mol. The summed E-state index contributed by atoms with van der Waals surface area (Å²) in [5.74, 6) is 0.687. The van der Waals surface area contributed by atoms with E-state index in [2.05, 4.69) is 48.5 Å². The molecule has 5 heteroatoms.